The van der Waals surface area contributed by atoms with E-state index in [4.69, 9.17) is 21.1 Å². The SMILES string of the molecule is C=C(Cl)CN1CCC[C@H](C2OCCO2)C1. The van der Waals surface area contributed by atoms with Gasteiger partial charge in [-0.25, -0.2) is 0 Å². The summed E-state index contributed by atoms with van der Waals surface area (Å²) in [5, 5.41) is 0.712. The maximum Gasteiger partial charge on any atom is 0.161 e. The highest BCUT2D eigenvalue weighted by molar-refractivity contribution is 6.29. The van der Waals surface area contributed by atoms with Gasteiger partial charge in [-0.2, -0.15) is 0 Å². The zero-order valence-electron chi connectivity index (χ0n) is 8.95. The third-order valence-electron chi connectivity index (χ3n) is 2.97. The molecule has 0 N–H and O–H groups in total. The van der Waals surface area contributed by atoms with Gasteiger partial charge in [-0.15, -0.1) is 0 Å². The first-order chi connectivity index (χ1) is 7.25. The number of likely N-dealkylation sites (tertiary alicyclic amines) is 1. The topological polar surface area (TPSA) is 21.7 Å². The Morgan fingerprint density at radius 3 is 2.80 bits per heavy atom. The molecule has 1 atom stereocenters. The van der Waals surface area contributed by atoms with E-state index in [1.165, 1.54) is 12.8 Å². The number of piperidine rings is 1. The molecule has 0 bridgehead atoms. The lowest BCUT2D eigenvalue weighted by molar-refractivity contribution is -0.0992. The van der Waals surface area contributed by atoms with Gasteiger partial charge in [0.1, 0.15) is 0 Å². The van der Waals surface area contributed by atoms with Gasteiger partial charge < -0.3 is 9.47 Å². The molecule has 0 aliphatic carbocycles. The number of hydrogen-bond donors (Lipinski definition) is 0. The van der Waals surface area contributed by atoms with Crippen LogP contribution < -0.4 is 0 Å². The number of rotatable bonds is 3. The van der Waals surface area contributed by atoms with Gasteiger partial charge in [0.2, 0.25) is 0 Å². The predicted octanol–water partition coefficient (Wildman–Crippen LogP) is 1.82. The fraction of sp³-hybridized carbons (Fsp3) is 0.818. The minimum atomic E-state index is 0.0105. The molecular weight excluding hydrogens is 214 g/mol. The molecule has 0 aromatic heterocycles. The minimum Gasteiger partial charge on any atom is -0.350 e. The summed E-state index contributed by atoms with van der Waals surface area (Å²) in [4.78, 5) is 2.33. The Kier molecular flexibility index (Phi) is 4.03. The van der Waals surface area contributed by atoms with Crippen LogP contribution >= 0.6 is 11.6 Å². The highest BCUT2D eigenvalue weighted by Gasteiger charge is 2.30. The molecule has 3 nitrogen and oxygen atoms in total. The largest absolute Gasteiger partial charge is 0.350 e. The fourth-order valence-corrected chi connectivity index (χ4v) is 2.52. The summed E-state index contributed by atoms with van der Waals surface area (Å²) in [7, 11) is 0. The molecule has 2 saturated heterocycles. The van der Waals surface area contributed by atoms with E-state index in [-0.39, 0.29) is 6.29 Å². The second-order valence-corrected chi connectivity index (χ2v) is 4.80. The lowest BCUT2D eigenvalue weighted by atomic mass is 9.97. The first kappa shape index (κ1) is 11.4. The van der Waals surface area contributed by atoms with Crippen LogP contribution in [0.15, 0.2) is 11.6 Å². The van der Waals surface area contributed by atoms with E-state index in [0.29, 0.717) is 11.0 Å². The average Bonchev–Trinajstić information content (AvgIpc) is 2.69. The second kappa shape index (κ2) is 5.30. The summed E-state index contributed by atoms with van der Waals surface area (Å²) in [6, 6.07) is 0. The zero-order chi connectivity index (χ0) is 10.7. The Balaban J connectivity index is 1.83. The van der Waals surface area contributed by atoms with Crippen molar-refractivity contribution in [3.63, 3.8) is 0 Å². The van der Waals surface area contributed by atoms with Crippen LogP contribution in [-0.2, 0) is 9.47 Å². The van der Waals surface area contributed by atoms with Crippen molar-refractivity contribution < 1.29 is 9.47 Å². The van der Waals surface area contributed by atoms with Crippen molar-refractivity contribution in [3.05, 3.63) is 11.6 Å². The average molecular weight is 232 g/mol. The van der Waals surface area contributed by atoms with Crippen LogP contribution in [0.4, 0.5) is 0 Å². The molecule has 2 fully saturated rings. The Bertz CT molecular complexity index is 229. The van der Waals surface area contributed by atoms with Crippen LogP contribution in [0.2, 0.25) is 0 Å². The smallest absolute Gasteiger partial charge is 0.161 e. The van der Waals surface area contributed by atoms with Gasteiger partial charge in [-0.1, -0.05) is 18.2 Å². The van der Waals surface area contributed by atoms with Gasteiger partial charge in [0.15, 0.2) is 6.29 Å². The molecule has 0 unspecified atom stereocenters. The highest BCUT2D eigenvalue weighted by atomic mass is 35.5. The summed E-state index contributed by atoms with van der Waals surface area (Å²) < 4.78 is 11.1. The van der Waals surface area contributed by atoms with Gasteiger partial charge in [-0.3, -0.25) is 4.90 Å². The van der Waals surface area contributed by atoms with E-state index in [2.05, 4.69) is 11.5 Å². The minimum absolute atomic E-state index is 0.0105. The van der Waals surface area contributed by atoms with Crippen molar-refractivity contribution in [1.82, 2.24) is 4.90 Å². The van der Waals surface area contributed by atoms with Gasteiger partial charge in [0.25, 0.3) is 0 Å². The Hall–Kier alpha value is -0.0900. The summed E-state index contributed by atoms with van der Waals surface area (Å²) >= 11 is 5.82. The molecule has 4 heteroatoms. The maximum atomic E-state index is 5.82. The number of hydrogen-bond acceptors (Lipinski definition) is 3. The molecule has 0 aromatic carbocycles. The molecule has 2 rings (SSSR count). The fourth-order valence-electron chi connectivity index (χ4n) is 2.35. The molecule has 0 spiro atoms. The van der Waals surface area contributed by atoms with Gasteiger partial charge in [-0.05, 0) is 19.4 Å². The third-order valence-corrected chi connectivity index (χ3v) is 3.09. The molecule has 0 aromatic rings. The molecule has 2 aliphatic rings. The second-order valence-electron chi connectivity index (χ2n) is 4.26. The highest BCUT2D eigenvalue weighted by Crippen LogP contribution is 2.25. The van der Waals surface area contributed by atoms with Crippen LogP contribution in [0, 0.1) is 5.92 Å². The summed E-state index contributed by atoms with van der Waals surface area (Å²) in [6.07, 6.45) is 2.39. The van der Waals surface area contributed by atoms with Crippen molar-refractivity contribution >= 4 is 11.6 Å². The Morgan fingerprint density at radius 2 is 2.13 bits per heavy atom. The van der Waals surface area contributed by atoms with Gasteiger partial charge in [0, 0.05) is 24.0 Å². The maximum absolute atomic E-state index is 5.82. The van der Waals surface area contributed by atoms with E-state index in [1.54, 1.807) is 0 Å². The molecule has 86 valence electrons. The number of ether oxygens (including phenoxy) is 2. The van der Waals surface area contributed by atoms with Crippen LogP contribution in [-0.4, -0.2) is 44.0 Å². The normalized spacial score (nSPS) is 29.5. The van der Waals surface area contributed by atoms with Gasteiger partial charge in [0.05, 0.1) is 13.2 Å². The van der Waals surface area contributed by atoms with Crippen LogP contribution in [0.5, 0.6) is 0 Å². The summed E-state index contributed by atoms with van der Waals surface area (Å²) in [5.41, 5.74) is 0. The van der Waals surface area contributed by atoms with E-state index in [1.807, 2.05) is 0 Å². The standard InChI is InChI=1S/C11H18ClNO2/c1-9(12)7-13-4-2-3-10(8-13)11-14-5-6-15-11/h10-11H,1-8H2/t10-/m0/s1. The van der Waals surface area contributed by atoms with Gasteiger partial charge >= 0.3 is 0 Å². The van der Waals surface area contributed by atoms with E-state index in [9.17, 15) is 0 Å². The Labute approximate surface area is 96.0 Å². The van der Waals surface area contributed by atoms with Crippen molar-refractivity contribution in [2.24, 2.45) is 5.92 Å². The van der Waals surface area contributed by atoms with Crippen LogP contribution in [0.25, 0.3) is 0 Å². The molecule has 2 heterocycles. The van der Waals surface area contributed by atoms with E-state index < -0.39 is 0 Å². The van der Waals surface area contributed by atoms with E-state index >= 15 is 0 Å². The molecule has 2 aliphatic heterocycles. The quantitative estimate of drug-likeness (QED) is 0.740. The Morgan fingerprint density at radius 1 is 1.40 bits per heavy atom. The van der Waals surface area contributed by atoms with Crippen molar-refractivity contribution in [3.8, 4) is 0 Å². The number of halogens is 1. The summed E-state index contributed by atoms with van der Waals surface area (Å²) in [5.74, 6) is 0.497. The first-order valence-electron chi connectivity index (χ1n) is 5.54. The van der Waals surface area contributed by atoms with Crippen molar-refractivity contribution in [1.29, 1.82) is 0 Å². The van der Waals surface area contributed by atoms with Crippen molar-refractivity contribution in [2.75, 3.05) is 32.8 Å². The molecule has 0 amide bonds. The monoisotopic (exact) mass is 231 g/mol. The molecule has 0 radical (unpaired) electrons. The van der Waals surface area contributed by atoms with Crippen molar-refractivity contribution in [2.45, 2.75) is 19.1 Å². The molecule has 0 saturated carbocycles. The first-order valence-corrected chi connectivity index (χ1v) is 5.92. The number of nitrogens with zero attached hydrogens (tertiary/aromatic N) is 1. The molecular formula is C11H18ClNO2. The van der Waals surface area contributed by atoms with Crippen LogP contribution in [0.1, 0.15) is 12.8 Å². The zero-order valence-corrected chi connectivity index (χ0v) is 9.71. The lowest BCUT2D eigenvalue weighted by Crippen LogP contribution is -2.41. The lowest BCUT2D eigenvalue weighted by Gasteiger charge is -2.34. The predicted molar refractivity (Wildman–Crippen MR) is 59.8 cm³/mol. The van der Waals surface area contributed by atoms with Crippen LogP contribution in [0.3, 0.4) is 0 Å². The third kappa shape index (κ3) is 3.18. The molecule has 15 heavy (non-hydrogen) atoms. The summed E-state index contributed by atoms with van der Waals surface area (Å²) in [6.45, 7) is 8.11. The van der Waals surface area contributed by atoms with E-state index in [0.717, 1.165) is 32.8 Å².